The Balaban J connectivity index is 2.26. The van der Waals surface area contributed by atoms with Crippen molar-refractivity contribution in [3.05, 3.63) is 0 Å². The fourth-order valence-electron chi connectivity index (χ4n) is 2.36. The van der Waals surface area contributed by atoms with Crippen LogP contribution in [0.5, 0.6) is 0 Å². The smallest absolute Gasteiger partial charge is 0.187 e. The van der Waals surface area contributed by atoms with Crippen LogP contribution in [0, 0.1) is 0 Å². The van der Waals surface area contributed by atoms with Crippen molar-refractivity contribution in [2.75, 3.05) is 0 Å². The highest BCUT2D eigenvalue weighted by atomic mass is 28.4. The van der Waals surface area contributed by atoms with Crippen molar-refractivity contribution in [3.8, 4) is 0 Å². The van der Waals surface area contributed by atoms with Crippen molar-refractivity contribution in [2.45, 2.75) is 97.1 Å². The van der Waals surface area contributed by atoms with Gasteiger partial charge in [-0.1, -0.05) is 32.6 Å². The first-order valence-corrected chi connectivity index (χ1v) is 11.3. The molecule has 0 saturated carbocycles. The summed E-state index contributed by atoms with van der Waals surface area (Å²) in [5.74, 6) is 0. The van der Waals surface area contributed by atoms with Crippen LogP contribution < -0.4 is 0 Å². The molecule has 0 bridgehead atoms. The summed E-state index contributed by atoms with van der Waals surface area (Å²) in [5.41, 5.74) is 0. The molecule has 1 aliphatic heterocycles. The van der Waals surface area contributed by atoms with E-state index in [0.29, 0.717) is 0 Å². The Labute approximate surface area is 120 Å². The van der Waals surface area contributed by atoms with Gasteiger partial charge in [-0.25, -0.2) is 0 Å². The maximum atomic E-state index is 6.06. The molecular weight excluding hydrogens is 256 g/mol. The predicted octanol–water partition coefficient (Wildman–Crippen LogP) is 4.68. The van der Waals surface area contributed by atoms with Gasteiger partial charge >= 0.3 is 0 Å². The Kier molecular flexibility index (Phi) is 7.58. The quantitative estimate of drug-likeness (QED) is 0.479. The molecule has 0 spiro atoms. The van der Waals surface area contributed by atoms with Crippen LogP contribution in [-0.4, -0.2) is 27.0 Å². The minimum absolute atomic E-state index is 0.0592. The van der Waals surface area contributed by atoms with Gasteiger partial charge in [0, 0.05) is 6.42 Å². The summed E-state index contributed by atoms with van der Waals surface area (Å²) in [4.78, 5) is 0. The lowest BCUT2D eigenvalue weighted by atomic mass is 10.1. The fraction of sp³-hybridized carbons (Fsp3) is 1.00. The lowest BCUT2D eigenvalue weighted by Crippen LogP contribution is -2.43. The van der Waals surface area contributed by atoms with Crippen molar-refractivity contribution in [3.63, 3.8) is 0 Å². The third-order valence-corrected chi connectivity index (χ3v) is 4.21. The van der Waals surface area contributed by atoms with E-state index >= 15 is 0 Å². The average molecular weight is 289 g/mol. The molecule has 4 heteroatoms. The third-order valence-electron chi connectivity index (χ3n) is 3.24. The van der Waals surface area contributed by atoms with Gasteiger partial charge in [0.1, 0.15) is 0 Å². The van der Waals surface area contributed by atoms with E-state index in [-0.39, 0.29) is 18.7 Å². The molecule has 0 aromatic carbocycles. The van der Waals surface area contributed by atoms with Gasteiger partial charge in [-0.2, -0.15) is 0 Å². The van der Waals surface area contributed by atoms with Crippen LogP contribution in [0.25, 0.3) is 0 Å². The molecule has 0 N–H and O–H groups in total. The second-order valence-electron chi connectivity index (χ2n) is 6.61. The SMILES string of the molecule is CCCCCCC[C@H]1O[C@@H](O[Si](C)(C)C)C[C@@H](C)O1. The van der Waals surface area contributed by atoms with Crippen LogP contribution in [0.15, 0.2) is 0 Å². The van der Waals surface area contributed by atoms with Crippen LogP contribution in [-0.2, 0) is 13.9 Å². The minimum atomic E-state index is -1.53. The monoisotopic (exact) mass is 288 g/mol. The highest BCUT2D eigenvalue weighted by Gasteiger charge is 2.31. The molecule has 1 saturated heterocycles. The zero-order valence-electron chi connectivity index (χ0n) is 13.4. The first-order chi connectivity index (χ1) is 8.90. The molecule has 0 unspecified atom stereocenters. The molecular formula is C15H32O3Si. The molecule has 0 radical (unpaired) electrons. The Hall–Kier alpha value is 0.0969. The molecule has 19 heavy (non-hydrogen) atoms. The number of unbranched alkanes of at least 4 members (excludes halogenated alkanes) is 4. The number of hydrogen-bond acceptors (Lipinski definition) is 3. The van der Waals surface area contributed by atoms with E-state index in [2.05, 4.69) is 33.5 Å². The normalized spacial score (nSPS) is 28.6. The summed E-state index contributed by atoms with van der Waals surface area (Å²) in [6, 6.07) is 0. The molecule has 3 atom stereocenters. The summed E-state index contributed by atoms with van der Waals surface area (Å²) in [7, 11) is -1.53. The van der Waals surface area contributed by atoms with Crippen LogP contribution in [0.1, 0.15) is 58.8 Å². The molecule has 1 rings (SSSR count). The first kappa shape index (κ1) is 17.1. The molecule has 3 nitrogen and oxygen atoms in total. The van der Waals surface area contributed by atoms with Crippen LogP contribution in [0.2, 0.25) is 19.6 Å². The Morgan fingerprint density at radius 2 is 1.74 bits per heavy atom. The third kappa shape index (κ3) is 8.08. The summed E-state index contributed by atoms with van der Waals surface area (Å²) in [6.45, 7) is 11.0. The number of ether oxygens (including phenoxy) is 2. The Morgan fingerprint density at radius 1 is 1.05 bits per heavy atom. The highest BCUT2D eigenvalue weighted by molar-refractivity contribution is 6.69. The lowest BCUT2D eigenvalue weighted by Gasteiger charge is -2.37. The van der Waals surface area contributed by atoms with Gasteiger partial charge in [-0.05, 0) is 39.4 Å². The van der Waals surface area contributed by atoms with Crippen molar-refractivity contribution >= 4 is 8.32 Å². The lowest BCUT2D eigenvalue weighted by molar-refractivity contribution is -0.286. The van der Waals surface area contributed by atoms with Crippen molar-refractivity contribution in [1.29, 1.82) is 0 Å². The maximum Gasteiger partial charge on any atom is 0.187 e. The fourth-order valence-corrected chi connectivity index (χ4v) is 3.30. The topological polar surface area (TPSA) is 27.7 Å². The molecule has 0 aromatic rings. The van der Waals surface area contributed by atoms with Crippen molar-refractivity contribution in [2.24, 2.45) is 0 Å². The van der Waals surface area contributed by atoms with E-state index in [0.717, 1.165) is 12.8 Å². The van der Waals surface area contributed by atoms with E-state index in [1.165, 1.54) is 32.1 Å². The molecule has 1 heterocycles. The Bertz CT molecular complexity index is 240. The maximum absolute atomic E-state index is 6.06. The summed E-state index contributed by atoms with van der Waals surface area (Å²) in [5, 5.41) is 0. The van der Waals surface area contributed by atoms with E-state index in [1.54, 1.807) is 0 Å². The molecule has 0 aromatic heterocycles. The van der Waals surface area contributed by atoms with Gasteiger partial charge in [0.2, 0.25) is 0 Å². The van der Waals surface area contributed by atoms with Crippen molar-refractivity contribution < 1.29 is 13.9 Å². The number of hydrogen-bond donors (Lipinski definition) is 0. The largest absolute Gasteiger partial charge is 0.393 e. The summed E-state index contributed by atoms with van der Waals surface area (Å²) < 4.78 is 17.8. The highest BCUT2D eigenvalue weighted by Crippen LogP contribution is 2.25. The van der Waals surface area contributed by atoms with Crippen LogP contribution >= 0.6 is 0 Å². The Morgan fingerprint density at radius 3 is 2.37 bits per heavy atom. The van der Waals surface area contributed by atoms with Crippen molar-refractivity contribution in [1.82, 2.24) is 0 Å². The molecule has 0 amide bonds. The van der Waals surface area contributed by atoms with Gasteiger partial charge in [0.25, 0.3) is 0 Å². The first-order valence-electron chi connectivity index (χ1n) is 7.89. The zero-order valence-corrected chi connectivity index (χ0v) is 14.4. The van der Waals surface area contributed by atoms with E-state index in [1.807, 2.05) is 0 Å². The minimum Gasteiger partial charge on any atom is -0.393 e. The summed E-state index contributed by atoms with van der Waals surface area (Å²) in [6.07, 6.45) is 8.41. The van der Waals surface area contributed by atoms with Crippen LogP contribution in [0.4, 0.5) is 0 Å². The van der Waals surface area contributed by atoms with Gasteiger partial charge in [-0.3, -0.25) is 0 Å². The van der Waals surface area contributed by atoms with Gasteiger partial charge in [0.15, 0.2) is 20.9 Å². The van der Waals surface area contributed by atoms with E-state index in [4.69, 9.17) is 13.9 Å². The van der Waals surface area contributed by atoms with E-state index < -0.39 is 8.32 Å². The predicted molar refractivity (Wildman–Crippen MR) is 81.6 cm³/mol. The molecule has 0 aliphatic carbocycles. The van der Waals surface area contributed by atoms with E-state index in [9.17, 15) is 0 Å². The zero-order chi connectivity index (χ0) is 14.3. The van der Waals surface area contributed by atoms with Gasteiger partial charge in [-0.15, -0.1) is 0 Å². The second-order valence-corrected chi connectivity index (χ2v) is 11.1. The summed E-state index contributed by atoms with van der Waals surface area (Å²) >= 11 is 0. The van der Waals surface area contributed by atoms with Gasteiger partial charge < -0.3 is 13.9 Å². The second kappa shape index (κ2) is 8.40. The van der Waals surface area contributed by atoms with Gasteiger partial charge in [0.05, 0.1) is 6.10 Å². The number of rotatable bonds is 8. The molecule has 1 fully saturated rings. The standard InChI is InChI=1S/C15H32O3Si/c1-6-7-8-9-10-11-14-16-13(2)12-15(17-14)18-19(3,4)5/h13-15H,6-12H2,1-5H3/t13-,14-,15+/m1/s1. The average Bonchev–Trinajstić information content (AvgIpc) is 2.25. The molecule has 1 aliphatic rings. The molecule has 114 valence electrons. The van der Waals surface area contributed by atoms with Crippen LogP contribution in [0.3, 0.4) is 0 Å².